The standard InChI is InChI=1S/C15H14FN3S/c1-19(9-10-3-2-4-11(16)7-10)15-18-13-6-5-12(17)8-14(13)20-15/h2-8H,9,17H2,1H3. The summed E-state index contributed by atoms with van der Waals surface area (Å²) < 4.78 is 14.2. The molecule has 1 aromatic heterocycles. The molecule has 0 aliphatic rings. The second-order valence-electron chi connectivity index (χ2n) is 4.71. The molecule has 0 spiro atoms. The van der Waals surface area contributed by atoms with Crippen LogP contribution in [0, 0.1) is 5.82 Å². The largest absolute Gasteiger partial charge is 0.399 e. The lowest BCUT2D eigenvalue weighted by Gasteiger charge is -2.15. The molecule has 102 valence electrons. The highest BCUT2D eigenvalue weighted by Crippen LogP contribution is 2.30. The van der Waals surface area contributed by atoms with Gasteiger partial charge in [-0.05, 0) is 35.9 Å². The SMILES string of the molecule is CN(Cc1cccc(F)c1)c1nc2ccc(N)cc2s1. The van der Waals surface area contributed by atoms with Gasteiger partial charge in [0.05, 0.1) is 10.2 Å². The van der Waals surface area contributed by atoms with Crippen molar-refractivity contribution in [2.75, 3.05) is 17.7 Å². The number of nitrogens with zero attached hydrogens (tertiary/aromatic N) is 2. The van der Waals surface area contributed by atoms with Crippen LogP contribution in [0.2, 0.25) is 0 Å². The zero-order chi connectivity index (χ0) is 14.1. The minimum atomic E-state index is -0.215. The van der Waals surface area contributed by atoms with Crippen molar-refractivity contribution in [3.05, 3.63) is 53.8 Å². The van der Waals surface area contributed by atoms with Gasteiger partial charge in [0.25, 0.3) is 0 Å². The summed E-state index contributed by atoms with van der Waals surface area (Å²) in [7, 11) is 1.95. The van der Waals surface area contributed by atoms with Gasteiger partial charge < -0.3 is 10.6 Å². The van der Waals surface area contributed by atoms with Gasteiger partial charge in [-0.3, -0.25) is 0 Å². The molecule has 0 radical (unpaired) electrons. The Morgan fingerprint density at radius 1 is 1.25 bits per heavy atom. The first-order valence-electron chi connectivity index (χ1n) is 6.23. The Morgan fingerprint density at radius 2 is 2.10 bits per heavy atom. The van der Waals surface area contributed by atoms with Crippen molar-refractivity contribution in [1.29, 1.82) is 0 Å². The van der Waals surface area contributed by atoms with Gasteiger partial charge in [-0.1, -0.05) is 23.5 Å². The van der Waals surface area contributed by atoms with Gasteiger partial charge in [0.1, 0.15) is 5.82 Å². The third-order valence-electron chi connectivity index (χ3n) is 3.04. The van der Waals surface area contributed by atoms with Crippen molar-refractivity contribution in [2.45, 2.75) is 6.54 Å². The minimum Gasteiger partial charge on any atom is -0.399 e. The van der Waals surface area contributed by atoms with E-state index >= 15 is 0 Å². The zero-order valence-corrected chi connectivity index (χ0v) is 11.8. The number of anilines is 2. The molecule has 0 aliphatic heterocycles. The highest BCUT2D eigenvalue weighted by Gasteiger charge is 2.09. The number of nitrogen functional groups attached to an aromatic ring is 1. The van der Waals surface area contributed by atoms with Crippen molar-refractivity contribution < 1.29 is 4.39 Å². The van der Waals surface area contributed by atoms with Crippen LogP contribution >= 0.6 is 11.3 Å². The Bertz CT molecular complexity index is 754. The Morgan fingerprint density at radius 3 is 2.90 bits per heavy atom. The highest BCUT2D eigenvalue weighted by molar-refractivity contribution is 7.22. The lowest BCUT2D eigenvalue weighted by Crippen LogP contribution is -2.15. The number of nitrogens with two attached hydrogens (primary N) is 1. The van der Waals surface area contributed by atoms with E-state index in [1.165, 1.54) is 6.07 Å². The van der Waals surface area contributed by atoms with E-state index in [4.69, 9.17) is 5.73 Å². The van der Waals surface area contributed by atoms with E-state index in [0.29, 0.717) is 6.54 Å². The van der Waals surface area contributed by atoms with Crippen molar-refractivity contribution >= 4 is 32.4 Å². The predicted molar refractivity (Wildman–Crippen MR) is 82.5 cm³/mol. The molecule has 3 aromatic rings. The van der Waals surface area contributed by atoms with Crippen LogP contribution in [-0.4, -0.2) is 12.0 Å². The van der Waals surface area contributed by atoms with Crippen LogP contribution in [0.5, 0.6) is 0 Å². The molecule has 20 heavy (non-hydrogen) atoms. The van der Waals surface area contributed by atoms with Gasteiger partial charge in [-0.25, -0.2) is 9.37 Å². The molecule has 0 atom stereocenters. The molecule has 0 unspecified atom stereocenters. The molecular weight excluding hydrogens is 273 g/mol. The quantitative estimate of drug-likeness (QED) is 0.748. The summed E-state index contributed by atoms with van der Waals surface area (Å²) in [5.74, 6) is -0.215. The molecule has 1 heterocycles. The minimum absolute atomic E-state index is 0.215. The number of hydrogen-bond acceptors (Lipinski definition) is 4. The average Bonchev–Trinajstić information content (AvgIpc) is 2.81. The summed E-state index contributed by atoms with van der Waals surface area (Å²) in [6.45, 7) is 0.618. The molecular formula is C15H14FN3S. The summed E-state index contributed by atoms with van der Waals surface area (Å²) in [5.41, 5.74) is 8.37. The number of halogens is 1. The van der Waals surface area contributed by atoms with E-state index in [-0.39, 0.29) is 5.82 Å². The molecule has 0 saturated carbocycles. The molecule has 0 aliphatic carbocycles. The van der Waals surface area contributed by atoms with E-state index in [1.54, 1.807) is 23.5 Å². The van der Waals surface area contributed by atoms with Crippen LogP contribution in [0.15, 0.2) is 42.5 Å². The fraction of sp³-hybridized carbons (Fsp3) is 0.133. The first-order valence-corrected chi connectivity index (χ1v) is 7.05. The second kappa shape index (κ2) is 5.09. The third-order valence-corrected chi connectivity index (χ3v) is 4.17. The van der Waals surface area contributed by atoms with Crippen LogP contribution in [0.25, 0.3) is 10.2 Å². The van der Waals surface area contributed by atoms with Gasteiger partial charge in [-0.15, -0.1) is 0 Å². The van der Waals surface area contributed by atoms with Gasteiger partial charge in [0.2, 0.25) is 0 Å². The van der Waals surface area contributed by atoms with E-state index < -0.39 is 0 Å². The van der Waals surface area contributed by atoms with E-state index in [0.717, 1.165) is 26.6 Å². The maximum absolute atomic E-state index is 13.2. The molecule has 0 amide bonds. The maximum Gasteiger partial charge on any atom is 0.186 e. The summed E-state index contributed by atoms with van der Waals surface area (Å²) >= 11 is 1.58. The van der Waals surface area contributed by atoms with Crippen molar-refractivity contribution in [1.82, 2.24) is 4.98 Å². The molecule has 0 bridgehead atoms. The van der Waals surface area contributed by atoms with Crippen LogP contribution < -0.4 is 10.6 Å². The van der Waals surface area contributed by atoms with E-state index in [1.807, 2.05) is 36.2 Å². The Balaban J connectivity index is 1.86. The van der Waals surface area contributed by atoms with E-state index in [2.05, 4.69) is 4.98 Å². The molecule has 3 nitrogen and oxygen atoms in total. The second-order valence-corrected chi connectivity index (χ2v) is 5.72. The van der Waals surface area contributed by atoms with Crippen LogP contribution in [-0.2, 0) is 6.54 Å². The Labute approximate surface area is 120 Å². The Hall–Kier alpha value is -2.14. The summed E-state index contributed by atoms with van der Waals surface area (Å²) in [6, 6.07) is 12.3. The van der Waals surface area contributed by atoms with Crippen molar-refractivity contribution in [2.24, 2.45) is 0 Å². The Kier molecular flexibility index (Phi) is 3.28. The summed E-state index contributed by atoms with van der Waals surface area (Å²) in [4.78, 5) is 6.58. The smallest absolute Gasteiger partial charge is 0.186 e. The van der Waals surface area contributed by atoms with Crippen LogP contribution in [0.3, 0.4) is 0 Å². The molecule has 3 rings (SSSR count). The zero-order valence-electron chi connectivity index (χ0n) is 11.0. The highest BCUT2D eigenvalue weighted by atomic mass is 32.1. The number of aromatic nitrogens is 1. The first kappa shape index (κ1) is 12.9. The number of benzene rings is 2. The molecule has 2 aromatic carbocycles. The van der Waals surface area contributed by atoms with Crippen LogP contribution in [0.4, 0.5) is 15.2 Å². The molecule has 5 heteroatoms. The lowest BCUT2D eigenvalue weighted by molar-refractivity contribution is 0.625. The number of fused-ring (bicyclic) bond motifs is 1. The van der Waals surface area contributed by atoms with Crippen molar-refractivity contribution in [3.63, 3.8) is 0 Å². The van der Waals surface area contributed by atoms with Gasteiger partial charge >= 0.3 is 0 Å². The average molecular weight is 287 g/mol. The number of hydrogen-bond donors (Lipinski definition) is 1. The summed E-state index contributed by atoms with van der Waals surface area (Å²) in [5, 5.41) is 0.898. The molecule has 2 N–H and O–H groups in total. The summed E-state index contributed by atoms with van der Waals surface area (Å²) in [6.07, 6.45) is 0. The predicted octanol–water partition coefficient (Wildman–Crippen LogP) is 3.65. The fourth-order valence-electron chi connectivity index (χ4n) is 2.07. The fourth-order valence-corrected chi connectivity index (χ4v) is 3.04. The van der Waals surface area contributed by atoms with Gasteiger partial charge in [-0.2, -0.15) is 0 Å². The molecule has 0 fully saturated rings. The van der Waals surface area contributed by atoms with Crippen molar-refractivity contribution in [3.8, 4) is 0 Å². The maximum atomic E-state index is 13.2. The third kappa shape index (κ3) is 2.58. The van der Waals surface area contributed by atoms with Gasteiger partial charge in [0.15, 0.2) is 5.13 Å². The lowest BCUT2D eigenvalue weighted by atomic mass is 10.2. The van der Waals surface area contributed by atoms with E-state index in [9.17, 15) is 4.39 Å². The van der Waals surface area contributed by atoms with Crippen LogP contribution in [0.1, 0.15) is 5.56 Å². The number of rotatable bonds is 3. The number of thiazole rings is 1. The molecule has 0 saturated heterocycles. The van der Waals surface area contributed by atoms with Gasteiger partial charge in [0, 0.05) is 19.3 Å². The monoisotopic (exact) mass is 287 g/mol. The normalized spacial score (nSPS) is 10.9. The topological polar surface area (TPSA) is 42.2 Å². The first-order chi connectivity index (χ1) is 9.61.